The minimum Gasteiger partial charge on any atom is -0.497 e. The Morgan fingerprint density at radius 2 is 2.32 bits per heavy atom. The van der Waals surface area contributed by atoms with Gasteiger partial charge in [0.05, 0.1) is 18.5 Å². The topological polar surface area (TPSA) is 37.4 Å². The number of H-pyrrole nitrogens is 1. The fourth-order valence-electron chi connectivity index (χ4n) is 2.70. The lowest BCUT2D eigenvalue weighted by molar-refractivity contribution is 0.415. The zero-order valence-corrected chi connectivity index (χ0v) is 12.0. The third-order valence-electron chi connectivity index (χ3n) is 3.64. The molecule has 1 aliphatic heterocycles. The highest BCUT2D eigenvalue weighted by Crippen LogP contribution is 2.29. The molecule has 1 aromatic heterocycles. The van der Waals surface area contributed by atoms with E-state index >= 15 is 0 Å². The molecule has 2 heterocycles. The summed E-state index contributed by atoms with van der Waals surface area (Å²) >= 11 is 4.28. The van der Waals surface area contributed by atoms with Gasteiger partial charge in [-0.3, -0.25) is 4.99 Å². The number of aliphatic imine (C=N–C) groups is 1. The Morgan fingerprint density at radius 3 is 3.11 bits per heavy atom. The van der Waals surface area contributed by atoms with Gasteiger partial charge in [-0.05, 0) is 42.7 Å². The van der Waals surface area contributed by atoms with Crippen LogP contribution < -0.4 is 4.74 Å². The summed E-state index contributed by atoms with van der Waals surface area (Å²) in [5.41, 5.74) is 4.97. The van der Waals surface area contributed by atoms with E-state index in [0.29, 0.717) is 0 Å². The minimum absolute atomic E-state index is 0.889. The van der Waals surface area contributed by atoms with E-state index in [1.165, 1.54) is 22.4 Å². The minimum atomic E-state index is 0.889. The van der Waals surface area contributed by atoms with E-state index in [2.05, 4.69) is 34.7 Å². The number of thiol groups is 1. The molecule has 0 saturated heterocycles. The number of nitrogens with zero attached hydrogens (tertiary/aromatic N) is 1. The maximum atomic E-state index is 5.29. The molecule has 0 radical (unpaired) electrons. The summed E-state index contributed by atoms with van der Waals surface area (Å²) in [6.07, 6.45) is 3.09. The van der Waals surface area contributed by atoms with Crippen LogP contribution in [0.2, 0.25) is 0 Å². The monoisotopic (exact) mass is 274 g/mol. The van der Waals surface area contributed by atoms with Crippen molar-refractivity contribution in [2.45, 2.75) is 19.3 Å². The van der Waals surface area contributed by atoms with Crippen molar-refractivity contribution in [1.29, 1.82) is 0 Å². The third kappa shape index (κ3) is 2.25. The van der Waals surface area contributed by atoms with Crippen LogP contribution in [0.4, 0.5) is 0 Å². The number of aromatic nitrogens is 1. The highest BCUT2D eigenvalue weighted by Gasteiger charge is 2.19. The molecule has 1 N–H and O–H groups in total. The number of methoxy groups -OCH3 is 1. The van der Waals surface area contributed by atoms with Gasteiger partial charge in [-0.1, -0.05) is 0 Å². The standard InChI is InChI=1S/C15H18N2OS/c1-18-10-4-5-11-12-6-7-16-13(3-2-8-19)15(12)17-14(11)9-10/h4-5,9,17,19H,2-3,6-8H2,1H3. The van der Waals surface area contributed by atoms with Gasteiger partial charge in [0.25, 0.3) is 0 Å². The van der Waals surface area contributed by atoms with E-state index < -0.39 is 0 Å². The van der Waals surface area contributed by atoms with Gasteiger partial charge < -0.3 is 9.72 Å². The van der Waals surface area contributed by atoms with Crippen molar-refractivity contribution in [2.75, 3.05) is 19.4 Å². The predicted molar refractivity (Wildman–Crippen MR) is 83.0 cm³/mol. The van der Waals surface area contributed by atoms with Crippen LogP contribution in [0, 0.1) is 0 Å². The number of nitrogens with one attached hydrogen (secondary N) is 1. The molecule has 0 atom stereocenters. The molecule has 1 aliphatic rings. The van der Waals surface area contributed by atoms with E-state index in [-0.39, 0.29) is 0 Å². The molecular formula is C15H18N2OS. The Hall–Kier alpha value is -1.42. The average Bonchev–Trinajstić information content (AvgIpc) is 2.83. The number of benzene rings is 1. The van der Waals surface area contributed by atoms with E-state index in [1.54, 1.807) is 7.11 Å². The average molecular weight is 274 g/mol. The molecule has 4 heteroatoms. The molecule has 0 saturated carbocycles. The fraction of sp³-hybridized carbons (Fsp3) is 0.400. The Bertz CT molecular complexity index is 630. The van der Waals surface area contributed by atoms with Gasteiger partial charge in [0.1, 0.15) is 5.75 Å². The van der Waals surface area contributed by atoms with Crippen molar-refractivity contribution in [3.8, 4) is 5.75 Å². The summed E-state index contributed by atoms with van der Waals surface area (Å²) in [7, 11) is 1.70. The summed E-state index contributed by atoms with van der Waals surface area (Å²) < 4.78 is 5.29. The van der Waals surface area contributed by atoms with Gasteiger partial charge in [-0.15, -0.1) is 0 Å². The number of fused-ring (bicyclic) bond motifs is 3. The molecule has 0 bridgehead atoms. The zero-order valence-electron chi connectivity index (χ0n) is 11.1. The molecule has 1 aromatic carbocycles. The summed E-state index contributed by atoms with van der Waals surface area (Å²) in [6.45, 7) is 0.897. The van der Waals surface area contributed by atoms with Crippen molar-refractivity contribution in [1.82, 2.24) is 4.98 Å². The summed E-state index contributed by atoms with van der Waals surface area (Å²) in [6, 6.07) is 6.23. The highest BCUT2D eigenvalue weighted by atomic mass is 32.1. The SMILES string of the molecule is COc1ccc2c3c([nH]c2c1)C(CCCS)=NCC3. The fourth-order valence-corrected chi connectivity index (χ4v) is 2.86. The lowest BCUT2D eigenvalue weighted by Crippen LogP contribution is -2.12. The molecule has 3 rings (SSSR count). The Labute approximate surface area is 118 Å². The summed E-state index contributed by atoms with van der Waals surface area (Å²) in [5.74, 6) is 1.79. The van der Waals surface area contributed by atoms with Gasteiger partial charge in [-0.25, -0.2) is 0 Å². The molecule has 0 amide bonds. The molecule has 0 fully saturated rings. The van der Waals surface area contributed by atoms with Crippen LogP contribution in [0.15, 0.2) is 23.2 Å². The lowest BCUT2D eigenvalue weighted by atomic mass is 10.00. The van der Waals surface area contributed by atoms with Gasteiger partial charge in [0.15, 0.2) is 0 Å². The molecule has 0 aliphatic carbocycles. The molecule has 19 heavy (non-hydrogen) atoms. The zero-order chi connectivity index (χ0) is 13.2. The second kappa shape index (κ2) is 5.29. The predicted octanol–water partition coefficient (Wildman–Crippen LogP) is 3.23. The lowest BCUT2D eigenvalue weighted by Gasteiger charge is -2.12. The first-order chi connectivity index (χ1) is 9.33. The Morgan fingerprint density at radius 1 is 1.42 bits per heavy atom. The summed E-state index contributed by atoms with van der Waals surface area (Å²) in [5, 5.41) is 1.30. The van der Waals surface area contributed by atoms with E-state index in [4.69, 9.17) is 4.74 Å². The number of ether oxygens (including phenoxy) is 1. The number of rotatable bonds is 4. The van der Waals surface area contributed by atoms with Crippen LogP contribution in [0.25, 0.3) is 10.9 Å². The van der Waals surface area contributed by atoms with Crippen molar-refractivity contribution < 1.29 is 4.74 Å². The first-order valence-electron chi connectivity index (χ1n) is 6.66. The van der Waals surface area contributed by atoms with Gasteiger partial charge in [0.2, 0.25) is 0 Å². The summed E-state index contributed by atoms with van der Waals surface area (Å²) in [4.78, 5) is 8.18. The van der Waals surface area contributed by atoms with Crippen LogP contribution in [0.1, 0.15) is 24.1 Å². The first kappa shape index (κ1) is 12.6. The number of aromatic amines is 1. The van der Waals surface area contributed by atoms with Gasteiger partial charge in [-0.2, -0.15) is 12.6 Å². The second-order valence-corrected chi connectivity index (χ2v) is 5.24. The largest absolute Gasteiger partial charge is 0.497 e. The number of hydrogen-bond acceptors (Lipinski definition) is 3. The molecule has 0 unspecified atom stereocenters. The van der Waals surface area contributed by atoms with Crippen LogP contribution in [0.3, 0.4) is 0 Å². The van der Waals surface area contributed by atoms with Gasteiger partial charge >= 0.3 is 0 Å². The molecule has 2 aromatic rings. The van der Waals surface area contributed by atoms with E-state index in [1.807, 2.05) is 6.07 Å². The molecule has 0 spiro atoms. The highest BCUT2D eigenvalue weighted by molar-refractivity contribution is 7.80. The van der Waals surface area contributed by atoms with Gasteiger partial charge in [0, 0.05) is 23.5 Å². The van der Waals surface area contributed by atoms with E-state index in [9.17, 15) is 0 Å². The quantitative estimate of drug-likeness (QED) is 0.825. The van der Waals surface area contributed by atoms with Crippen molar-refractivity contribution in [3.05, 3.63) is 29.5 Å². The second-order valence-electron chi connectivity index (χ2n) is 4.80. The molecule has 3 nitrogen and oxygen atoms in total. The number of hydrogen-bond donors (Lipinski definition) is 2. The van der Waals surface area contributed by atoms with Crippen LogP contribution in [-0.2, 0) is 6.42 Å². The van der Waals surface area contributed by atoms with Crippen molar-refractivity contribution in [2.24, 2.45) is 4.99 Å². The first-order valence-corrected chi connectivity index (χ1v) is 7.30. The molecule has 100 valence electrons. The smallest absolute Gasteiger partial charge is 0.120 e. The maximum Gasteiger partial charge on any atom is 0.120 e. The Kier molecular flexibility index (Phi) is 3.51. The van der Waals surface area contributed by atoms with Crippen LogP contribution >= 0.6 is 12.6 Å². The van der Waals surface area contributed by atoms with Crippen molar-refractivity contribution in [3.63, 3.8) is 0 Å². The maximum absolute atomic E-state index is 5.29. The van der Waals surface area contributed by atoms with Crippen LogP contribution in [-0.4, -0.2) is 30.1 Å². The van der Waals surface area contributed by atoms with E-state index in [0.717, 1.165) is 42.8 Å². The third-order valence-corrected chi connectivity index (χ3v) is 3.95. The van der Waals surface area contributed by atoms with Crippen molar-refractivity contribution >= 4 is 29.2 Å². The normalized spacial score (nSPS) is 14.3. The Balaban J connectivity index is 2.06. The molecular weight excluding hydrogens is 256 g/mol. The van der Waals surface area contributed by atoms with Crippen LogP contribution in [0.5, 0.6) is 5.75 Å².